The fourth-order valence-corrected chi connectivity index (χ4v) is 6.27. The molecule has 200 valence electrons. The number of rotatable bonds is 11. The molecule has 1 fully saturated rings. The average molecular weight is 614 g/mol. The van der Waals surface area contributed by atoms with Crippen LogP contribution < -0.4 is 5.32 Å². The van der Waals surface area contributed by atoms with Gasteiger partial charge in [-0.15, -0.1) is 11.8 Å². The van der Waals surface area contributed by atoms with Crippen LogP contribution in [0, 0.1) is 0 Å². The van der Waals surface area contributed by atoms with Crippen LogP contribution in [0.15, 0.2) is 88.2 Å². The molecule has 0 radical (unpaired) electrons. The van der Waals surface area contributed by atoms with Crippen molar-refractivity contribution in [2.45, 2.75) is 68.5 Å². The maximum atomic E-state index is 13.8. The Morgan fingerprint density at radius 1 is 0.947 bits per heavy atom. The monoisotopic (exact) mass is 612 g/mol. The number of hydrogen-bond acceptors (Lipinski definition) is 3. The van der Waals surface area contributed by atoms with Crippen LogP contribution in [0.4, 0.5) is 0 Å². The minimum absolute atomic E-state index is 0.0221. The van der Waals surface area contributed by atoms with E-state index < -0.39 is 6.04 Å². The molecule has 0 aromatic heterocycles. The molecule has 0 saturated heterocycles. The summed E-state index contributed by atoms with van der Waals surface area (Å²) in [5.41, 5.74) is 2.03. The van der Waals surface area contributed by atoms with E-state index in [1.165, 1.54) is 6.42 Å². The van der Waals surface area contributed by atoms with Crippen molar-refractivity contribution in [3.63, 3.8) is 0 Å². The zero-order valence-corrected chi connectivity index (χ0v) is 24.6. The van der Waals surface area contributed by atoms with Crippen LogP contribution in [0.1, 0.15) is 49.7 Å². The van der Waals surface area contributed by atoms with Gasteiger partial charge in [-0.05, 0) is 60.4 Å². The summed E-state index contributed by atoms with van der Waals surface area (Å²) in [7, 11) is 0. The summed E-state index contributed by atoms with van der Waals surface area (Å²) < 4.78 is 0.951. The fourth-order valence-electron chi connectivity index (χ4n) is 4.86. The standard InChI is InChI=1S/C31H34BrClN2O2S/c32-25-11-7-10-24(20-25)22-35(30(36)18-19-38-28-16-14-26(33)15-17-28)29(21-23-8-3-1-4-9-23)31(37)34-27-12-5-2-6-13-27/h1,3-4,7-11,14-17,20,27,29H,2,5-6,12-13,18-19,21-22H2,(H,34,37)/t29-/m0/s1. The first-order valence-corrected chi connectivity index (χ1v) is 15.4. The quantitative estimate of drug-likeness (QED) is 0.226. The molecule has 0 heterocycles. The van der Waals surface area contributed by atoms with Gasteiger partial charge < -0.3 is 10.2 Å². The Balaban J connectivity index is 1.56. The average Bonchev–Trinajstić information content (AvgIpc) is 2.93. The normalized spacial score (nSPS) is 14.6. The lowest BCUT2D eigenvalue weighted by atomic mass is 9.94. The second kappa shape index (κ2) is 14.8. The van der Waals surface area contributed by atoms with Crippen LogP contribution in [0.2, 0.25) is 5.02 Å². The van der Waals surface area contributed by atoms with E-state index in [4.69, 9.17) is 11.6 Å². The fraction of sp³-hybridized carbons (Fsp3) is 0.355. The zero-order chi connectivity index (χ0) is 26.7. The minimum atomic E-state index is -0.591. The van der Waals surface area contributed by atoms with Gasteiger partial charge in [0.1, 0.15) is 6.04 Å². The van der Waals surface area contributed by atoms with Crippen molar-refractivity contribution in [2.75, 3.05) is 5.75 Å². The molecule has 0 unspecified atom stereocenters. The molecule has 1 saturated carbocycles. The summed E-state index contributed by atoms with van der Waals surface area (Å²) >= 11 is 11.2. The summed E-state index contributed by atoms with van der Waals surface area (Å²) in [6.07, 6.45) is 6.31. The van der Waals surface area contributed by atoms with Crippen molar-refractivity contribution in [1.29, 1.82) is 0 Å². The number of hydrogen-bond donors (Lipinski definition) is 1. The number of halogens is 2. The van der Waals surface area contributed by atoms with Gasteiger partial charge in [-0.1, -0.05) is 89.3 Å². The van der Waals surface area contributed by atoms with Crippen LogP contribution >= 0.6 is 39.3 Å². The predicted octanol–water partition coefficient (Wildman–Crippen LogP) is 7.67. The summed E-state index contributed by atoms with van der Waals surface area (Å²) in [5.74, 6) is 0.540. The third-order valence-electron chi connectivity index (χ3n) is 6.86. The van der Waals surface area contributed by atoms with Crippen LogP contribution in [-0.2, 0) is 22.6 Å². The molecule has 1 atom stereocenters. The van der Waals surface area contributed by atoms with Crippen molar-refractivity contribution in [2.24, 2.45) is 0 Å². The van der Waals surface area contributed by atoms with Crippen LogP contribution in [0.3, 0.4) is 0 Å². The molecular weight excluding hydrogens is 580 g/mol. The first-order valence-electron chi connectivity index (χ1n) is 13.2. The molecule has 1 aliphatic rings. The third kappa shape index (κ3) is 8.89. The van der Waals surface area contributed by atoms with Gasteiger partial charge in [-0.3, -0.25) is 9.59 Å². The number of nitrogens with one attached hydrogen (secondary N) is 1. The molecule has 1 N–H and O–H groups in total. The van der Waals surface area contributed by atoms with Crippen molar-refractivity contribution < 1.29 is 9.59 Å². The summed E-state index contributed by atoms with van der Waals surface area (Å²) in [6.45, 7) is 0.374. The van der Waals surface area contributed by atoms with E-state index in [1.54, 1.807) is 16.7 Å². The number of amides is 2. The number of benzene rings is 3. The molecular formula is C31H34BrClN2O2S. The molecule has 0 aliphatic heterocycles. The van der Waals surface area contributed by atoms with Gasteiger partial charge in [0, 0.05) is 45.6 Å². The molecule has 38 heavy (non-hydrogen) atoms. The molecule has 4 rings (SSSR count). The number of nitrogens with zero attached hydrogens (tertiary/aromatic N) is 1. The van der Waals surface area contributed by atoms with Crippen molar-refractivity contribution in [1.82, 2.24) is 10.2 Å². The van der Waals surface area contributed by atoms with Gasteiger partial charge in [-0.2, -0.15) is 0 Å². The van der Waals surface area contributed by atoms with Crippen LogP contribution in [-0.4, -0.2) is 34.6 Å². The summed E-state index contributed by atoms with van der Waals surface area (Å²) in [6, 6.07) is 25.2. The Morgan fingerprint density at radius 2 is 1.66 bits per heavy atom. The highest BCUT2D eigenvalue weighted by Gasteiger charge is 2.31. The molecule has 0 bridgehead atoms. The number of carbonyl (C=O) groups is 2. The van der Waals surface area contributed by atoms with E-state index >= 15 is 0 Å². The lowest BCUT2D eigenvalue weighted by molar-refractivity contribution is -0.141. The van der Waals surface area contributed by atoms with Crippen molar-refractivity contribution in [3.8, 4) is 0 Å². The Hall–Kier alpha value is -2.28. The maximum Gasteiger partial charge on any atom is 0.243 e. The van der Waals surface area contributed by atoms with E-state index in [2.05, 4.69) is 21.2 Å². The second-order valence-corrected chi connectivity index (χ2v) is 12.3. The lowest BCUT2D eigenvalue weighted by Crippen LogP contribution is -2.52. The SMILES string of the molecule is O=C(NC1CCCCC1)[C@H](Cc1ccccc1)N(Cc1cccc(Br)c1)C(=O)CCSc1ccc(Cl)cc1. The smallest absolute Gasteiger partial charge is 0.243 e. The Labute approximate surface area is 243 Å². The largest absolute Gasteiger partial charge is 0.352 e. The molecule has 2 amide bonds. The maximum absolute atomic E-state index is 13.8. The predicted molar refractivity (Wildman–Crippen MR) is 160 cm³/mol. The highest BCUT2D eigenvalue weighted by Crippen LogP contribution is 2.24. The van der Waals surface area contributed by atoms with Gasteiger partial charge in [0.25, 0.3) is 0 Å². The zero-order valence-electron chi connectivity index (χ0n) is 21.5. The molecule has 7 heteroatoms. The number of thioether (sulfide) groups is 1. The Bertz CT molecular complexity index is 1190. The van der Waals surface area contributed by atoms with E-state index in [9.17, 15) is 9.59 Å². The van der Waals surface area contributed by atoms with Gasteiger partial charge in [0.2, 0.25) is 11.8 Å². The van der Waals surface area contributed by atoms with Gasteiger partial charge in [-0.25, -0.2) is 0 Å². The van der Waals surface area contributed by atoms with Crippen molar-refractivity contribution >= 4 is 51.1 Å². The molecule has 3 aromatic carbocycles. The molecule has 1 aliphatic carbocycles. The molecule has 4 nitrogen and oxygen atoms in total. The van der Waals surface area contributed by atoms with Crippen molar-refractivity contribution in [3.05, 3.63) is 99.5 Å². The third-order valence-corrected chi connectivity index (χ3v) is 8.62. The molecule has 3 aromatic rings. The van der Waals surface area contributed by atoms with E-state index in [1.807, 2.05) is 78.9 Å². The van der Waals surface area contributed by atoms with Crippen LogP contribution in [0.5, 0.6) is 0 Å². The van der Waals surface area contributed by atoms with E-state index in [0.29, 0.717) is 30.2 Å². The molecule has 0 spiro atoms. The Morgan fingerprint density at radius 3 is 2.37 bits per heavy atom. The highest BCUT2D eigenvalue weighted by atomic mass is 79.9. The lowest BCUT2D eigenvalue weighted by Gasteiger charge is -2.33. The Kier molecular flexibility index (Phi) is 11.2. The first kappa shape index (κ1) is 28.7. The van der Waals surface area contributed by atoms with Gasteiger partial charge in [0.15, 0.2) is 0 Å². The summed E-state index contributed by atoms with van der Waals surface area (Å²) in [5, 5.41) is 3.99. The first-order chi connectivity index (χ1) is 18.5. The van der Waals surface area contributed by atoms with E-state index in [0.717, 1.165) is 46.2 Å². The minimum Gasteiger partial charge on any atom is -0.352 e. The van der Waals surface area contributed by atoms with Gasteiger partial charge in [0.05, 0.1) is 0 Å². The number of carbonyl (C=O) groups excluding carboxylic acids is 2. The highest BCUT2D eigenvalue weighted by molar-refractivity contribution is 9.10. The summed E-state index contributed by atoms with van der Waals surface area (Å²) in [4.78, 5) is 30.5. The van der Waals surface area contributed by atoms with E-state index in [-0.39, 0.29) is 17.9 Å². The van der Waals surface area contributed by atoms with Crippen LogP contribution in [0.25, 0.3) is 0 Å². The topological polar surface area (TPSA) is 49.4 Å². The second-order valence-electron chi connectivity index (χ2n) is 9.75. The van der Waals surface area contributed by atoms with Gasteiger partial charge >= 0.3 is 0 Å².